The quantitative estimate of drug-likeness (QED) is 0.895. The predicted molar refractivity (Wildman–Crippen MR) is 73.4 cm³/mol. The Hall–Kier alpha value is -1.88. The highest BCUT2D eigenvalue weighted by atomic mass is 16.5. The largest absolute Gasteiger partial charge is 0.481 e. The van der Waals surface area contributed by atoms with E-state index >= 15 is 0 Å². The van der Waals surface area contributed by atoms with E-state index in [0.717, 1.165) is 11.1 Å². The van der Waals surface area contributed by atoms with Crippen LogP contribution < -0.4 is 0 Å². The van der Waals surface area contributed by atoms with Crippen LogP contribution in [0.1, 0.15) is 11.1 Å². The smallest absolute Gasteiger partial charge is 0.311 e. The van der Waals surface area contributed by atoms with Crippen LogP contribution >= 0.6 is 0 Å². The molecule has 5 heteroatoms. The van der Waals surface area contributed by atoms with Gasteiger partial charge >= 0.3 is 5.97 Å². The molecule has 0 bridgehead atoms. The third-order valence-electron chi connectivity index (χ3n) is 3.86. The average molecular weight is 277 g/mol. The van der Waals surface area contributed by atoms with Crippen molar-refractivity contribution in [2.24, 2.45) is 5.92 Å². The molecule has 0 aliphatic carbocycles. The van der Waals surface area contributed by atoms with Crippen molar-refractivity contribution in [3.8, 4) is 0 Å². The lowest BCUT2D eigenvalue weighted by molar-refractivity contribution is -0.144. The Morgan fingerprint density at radius 3 is 2.70 bits per heavy atom. The number of aliphatic carboxylic acids is 1. The first-order valence-corrected chi connectivity index (χ1v) is 6.61. The Balaban J connectivity index is 2.05. The molecule has 0 radical (unpaired) electrons. The minimum Gasteiger partial charge on any atom is -0.481 e. The molecule has 1 aromatic carbocycles. The minimum atomic E-state index is -0.914. The average Bonchev–Trinajstić information content (AvgIpc) is 2.89. The van der Waals surface area contributed by atoms with E-state index in [1.807, 2.05) is 31.2 Å². The first kappa shape index (κ1) is 14.5. The molecule has 1 aliphatic rings. The van der Waals surface area contributed by atoms with E-state index in [1.165, 1.54) is 4.90 Å². The zero-order chi connectivity index (χ0) is 14.7. The summed E-state index contributed by atoms with van der Waals surface area (Å²) in [5.74, 6) is -1.63. The van der Waals surface area contributed by atoms with Crippen molar-refractivity contribution in [3.05, 3.63) is 35.4 Å². The van der Waals surface area contributed by atoms with Crippen molar-refractivity contribution in [3.63, 3.8) is 0 Å². The van der Waals surface area contributed by atoms with E-state index in [-0.39, 0.29) is 31.6 Å². The number of likely N-dealkylation sites (N-methyl/N-ethyl adjacent to an activating group) is 1. The number of carboxylic acids is 1. The van der Waals surface area contributed by atoms with Crippen LogP contribution in [-0.2, 0) is 20.7 Å². The molecule has 1 amide bonds. The number of amides is 1. The Kier molecular flexibility index (Phi) is 4.39. The van der Waals surface area contributed by atoms with Crippen molar-refractivity contribution in [1.29, 1.82) is 0 Å². The zero-order valence-corrected chi connectivity index (χ0v) is 11.7. The third kappa shape index (κ3) is 2.99. The Bertz CT molecular complexity index is 514. The third-order valence-corrected chi connectivity index (χ3v) is 3.86. The van der Waals surface area contributed by atoms with Crippen LogP contribution in [0.15, 0.2) is 24.3 Å². The molecule has 0 spiro atoms. The number of hydrogen-bond acceptors (Lipinski definition) is 3. The number of carbonyl (C=O) groups is 2. The lowest BCUT2D eigenvalue weighted by Crippen LogP contribution is -2.44. The van der Waals surface area contributed by atoms with Crippen molar-refractivity contribution < 1.29 is 19.4 Å². The maximum atomic E-state index is 12.3. The normalized spacial score (nSPS) is 21.7. The molecule has 2 atom stereocenters. The molecule has 1 saturated heterocycles. The first-order valence-electron chi connectivity index (χ1n) is 6.61. The van der Waals surface area contributed by atoms with Gasteiger partial charge in [0.1, 0.15) is 5.92 Å². The monoisotopic (exact) mass is 277 g/mol. The standard InChI is InChI=1S/C15H19NO4/c1-10-5-3-4-6-11(10)7-14(17)16(2)13-9-20-8-12(13)15(18)19/h3-6,12-13H,7-9H2,1-2H3,(H,18,19). The number of benzene rings is 1. The number of ether oxygens (including phenoxy) is 1. The second-order valence-electron chi connectivity index (χ2n) is 5.16. The second-order valence-corrected chi connectivity index (χ2v) is 5.16. The molecule has 1 heterocycles. The lowest BCUT2D eigenvalue weighted by Gasteiger charge is -2.26. The number of nitrogens with zero attached hydrogens (tertiary/aromatic N) is 1. The maximum Gasteiger partial charge on any atom is 0.311 e. The summed E-state index contributed by atoms with van der Waals surface area (Å²) in [6.07, 6.45) is 0.284. The van der Waals surface area contributed by atoms with Gasteiger partial charge in [-0.05, 0) is 18.1 Å². The molecule has 1 N–H and O–H groups in total. The molecule has 2 unspecified atom stereocenters. The van der Waals surface area contributed by atoms with Gasteiger partial charge in [-0.3, -0.25) is 9.59 Å². The highest BCUT2D eigenvalue weighted by Gasteiger charge is 2.38. The van der Waals surface area contributed by atoms with Gasteiger partial charge in [-0.1, -0.05) is 24.3 Å². The number of rotatable bonds is 4. The fourth-order valence-electron chi connectivity index (χ4n) is 2.44. The van der Waals surface area contributed by atoms with Crippen LogP contribution in [0.25, 0.3) is 0 Å². The summed E-state index contributed by atoms with van der Waals surface area (Å²) in [5.41, 5.74) is 2.03. The maximum absolute atomic E-state index is 12.3. The molecule has 2 rings (SSSR count). The van der Waals surface area contributed by atoms with Gasteiger partial charge in [0, 0.05) is 7.05 Å². The van der Waals surface area contributed by atoms with Gasteiger partial charge in [0.2, 0.25) is 5.91 Å². The van der Waals surface area contributed by atoms with Crippen LogP contribution in [-0.4, -0.2) is 48.2 Å². The van der Waals surface area contributed by atoms with Gasteiger partial charge in [0.25, 0.3) is 0 Å². The van der Waals surface area contributed by atoms with Gasteiger partial charge in [0.05, 0.1) is 25.7 Å². The van der Waals surface area contributed by atoms with Gasteiger partial charge < -0.3 is 14.7 Å². The van der Waals surface area contributed by atoms with Crippen LogP contribution in [0.5, 0.6) is 0 Å². The minimum absolute atomic E-state index is 0.0824. The summed E-state index contributed by atoms with van der Waals surface area (Å²) >= 11 is 0. The summed E-state index contributed by atoms with van der Waals surface area (Å²) in [4.78, 5) is 24.9. The van der Waals surface area contributed by atoms with Gasteiger partial charge in [-0.25, -0.2) is 0 Å². The molecule has 108 valence electrons. The Morgan fingerprint density at radius 1 is 1.35 bits per heavy atom. The summed E-state index contributed by atoms with van der Waals surface area (Å²) < 4.78 is 5.20. The molecular weight excluding hydrogens is 258 g/mol. The topological polar surface area (TPSA) is 66.8 Å². The molecule has 1 aromatic rings. The molecule has 0 saturated carbocycles. The van der Waals surface area contributed by atoms with E-state index < -0.39 is 11.9 Å². The fraction of sp³-hybridized carbons (Fsp3) is 0.467. The van der Waals surface area contributed by atoms with Crippen LogP contribution in [0.4, 0.5) is 0 Å². The van der Waals surface area contributed by atoms with Crippen molar-refractivity contribution in [1.82, 2.24) is 4.90 Å². The van der Waals surface area contributed by atoms with E-state index in [4.69, 9.17) is 9.84 Å². The van der Waals surface area contributed by atoms with E-state index in [9.17, 15) is 9.59 Å². The van der Waals surface area contributed by atoms with E-state index in [2.05, 4.69) is 0 Å². The molecule has 20 heavy (non-hydrogen) atoms. The van der Waals surface area contributed by atoms with Crippen LogP contribution in [0, 0.1) is 12.8 Å². The highest BCUT2D eigenvalue weighted by molar-refractivity contribution is 5.80. The van der Waals surface area contributed by atoms with Gasteiger partial charge in [0.15, 0.2) is 0 Å². The van der Waals surface area contributed by atoms with Crippen molar-refractivity contribution >= 4 is 11.9 Å². The SMILES string of the molecule is Cc1ccccc1CC(=O)N(C)C1COCC1C(=O)O. The number of aryl methyl sites for hydroxylation is 1. The van der Waals surface area contributed by atoms with Gasteiger partial charge in [-0.2, -0.15) is 0 Å². The Morgan fingerprint density at radius 2 is 2.05 bits per heavy atom. The molecule has 1 fully saturated rings. The van der Waals surface area contributed by atoms with Crippen molar-refractivity contribution in [2.45, 2.75) is 19.4 Å². The summed E-state index contributed by atoms with van der Waals surface area (Å²) in [6.45, 7) is 2.41. The number of carboxylic acid groups (broad SMARTS) is 1. The first-order chi connectivity index (χ1) is 9.50. The van der Waals surface area contributed by atoms with E-state index in [0.29, 0.717) is 0 Å². The molecular formula is C15H19NO4. The molecule has 1 aliphatic heterocycles. The Labute approximate surface area is 118 Å². The van der Waals surface area contributed by atoms with E-state index in [1.54, 1.807) is 7.05 Å². The lowest BCUT2D eigenvalue weighted by atomic mass is 10.0. The highest BCUT2D eigenvalue weighted by Crippen LogP contribution is 2.20. The number of carbonyl (C=O) groups excluding carboxylic acids is 1. The zero-order valence-electron chi connectivity index (χ0n) is 11.7. The summed E-state index contributed by atoms with van der Waals surface area (Å²) in [7, 11) is 1.65. The summed E-state index contributed by atoms with van der Waals surface area (Å²) in [6, 6.07) is 7.32. The van der Waals surface area contributed by atoms with Crippen LogP contribution in [0.2, 0.25) is 0 Å². The molecule has 0 aromatic heterocycles. The van der Waals surface area contributed by atoms with Gasteiger partial charge in [-0.15, -0.1) is 0 Å². The second kappa shape index (κ2) is 6.05. The number of hydrogen-bond donors (Lipinski definition) is 1. The summed E-state index contributed by atoms with van der Waals surface area (Å²) in [5, 5.41) is 9.13. The molecule has 5 nitrogen and oxygen atoms in total. The van der Waals surface area contributed by atoms with Crippen molar-refractivity contribution in [2.75, 3.05) is 20.3 Å². The predicted octanol–water partition coefficient (Wildman–Crippen LogP) is 1.10. The van der Waals surface area contributed by atoms with Crippen LogP contribution in [0.3, 0.4) is 0 Å². The fourth-order valence-corrected chi connectivity index (χ4v) is 2.44.